The van der Waals surface area contributed by atoms with E-state index in [9.17, 15) is 4.39 Å². The molecule has 0 amide bonds. The summed E-state index contributed by atoms with van der Waals surface area (Å²) < 4.78 is 19.8. The molecule has 0 heterocycles. The van der Waals surface area contributed by atoms with Crippen molar-refractivity contribution in [3.8, 4) is 0 Å². The Morgan fingerprint density at radius 2 is 2.10 bits per heavy atom. The summed E-state index contributed by atoms with van der Waals surface area (Å²) in [6, 6.07) is 4.85. The molecule has 6 heteroatoms. The molecule has 20 heavy (non-hydrogen) atoms. The Labute approximate surface area is 127 Å². The van der Waals surface area contributed by atoms with Crippen LogP contribution in [0.1, 0.15) is 19.4 Å². The van der Waals surface area contributed by atoms with Gasteiger partial charge in [-0.2, -0.15) is 0 Å². The van der Waals surface area contributed by atoms with Gasteiger partial charge in [0.1, 0.15) is 5.82 Å². The average molecular weight is 346 g/mol. The minimum absolute atomic E-state index is 0.242. The second-order valence-electron chi connectivity index (χ2n) is 4.98. The highest BCUT2D eigenvalue weighted by Gasteiger charge is 2.16. The predicted molar refractivity (Wildman–Crippen MR) is 83.4 cm³/mol. The SMILES string of the molecule is CN=C(NCc1cc(Br)ccc1F)NCC(C)(C)OC. The fourth-order valence-corrected chi connectivity index (χ4v) is 1.86. The summed E-state index contributed by atoms with van der Waals surface area (Å²) in [5.41, 5.74) is 0.284. The number of guanidine groups is 1. The number of halogens is 2. The molecule has 0 aromatic heterocycles. The van der Waals surface area contributed by atoms with Gasteiger partial charge in [0.25, 0.3) is 0 Å². The lowest BCUT2D eigenvalue weighted by Gasteiger charge is -2.24. The van der Waals surface area contributed by atoms with E-state index < -0.39 is 0 Å². The third-order valence-corrected chi connectivity index (χ3v) is 3.41. The van der Waals surface area contributed by atoms with Gasteiger partial charge in [0.2, 0.25) is 0 Å². The van der Waals surface area contributed by atoms with E-state index in [1.807, 2.05) is 13.8 Å². The number of methoxy groups -OCH3 is 1. The first-order valence-corrected chi connectivity index (χ1v) is 7.11. The molecule has 0 unspecified atom stereocenters. The van der Waals surface area contributed by atoms with Gasteiger partial charge >= 0.3 is 0 Å². The third kappa shape index (κ3) is 5.46. The smallest absolute Gasteiger partial charge is 0.191 e. The van der Waals surface area contributed by atoms with Crippen LogP contribution >= 0.6 is 15.9 Å². The molecule has 1 rings (SSSR count). The summed E-state index contributed by atoms with van der Waals surface area (Å²) in [4.78, 5) is 4.10. The lowest BCUT2D eigenvalue weighted by molar-refractivity contribution is 0.0268. The lowest BCUT2D eigenvalue weighted by atomic mass is 10.1. The highest BCUT2D eigenvalue weighted by atomic mass is 79.9. The fraction of sp³-hybridized carbons (Fsp3) is 0.500. The molecule has 0 atom stereocenters. The molecule has 0 bridgehead atoms. The molecule has 112 valence electrons. The van der Waals surface area contributed by atoms with Crippen LogP contribution in [0.3, 0.4) is 0 Å². The number of rotatable bonds is 5. The molecule has 1 aromatic carbocycles. The zero-order chi connectivity index (χ0) is 15.2. The van der Waals surface area contributed by atoms with E-state index in [4.69, 9.17) is 4.74 Å². The van der Waals surface area contributed by atoms with Crippen molar-refractivity contribution in [2.45, 2.75) is 26.0 Å². The first kappa shape index (κ1) is 16.9. The van der Waals surface area contributed by atoms with Crippen molar-refractivity contribution in [1.29, 1.82) is 0 Å². The summed E-state index contributed by atoms with van der Waals surface area (Å²) in [5.74, 6) is 0.364. The molecule has 0 saturated carbocycles. The molecule has 0 radical (unpaired) electrons. The zero-order valence-electron chi connectivity index (χ0n) is 12.3. The normalized spacial score (nSPS) is 12.4. The Morgan fingerprint density at radius 3 is 2.70 bits per heavy atom. The second kappa shape index (κ2) is 7.59. The zero-order valence-corrected chi connectivity index (χ0v) is 13.8. The topological polar surface area (TPSA) is 45.7 Å². The van der Waals surface area contributed by atoms with E-state index in [-0.39, 0.29) is 11.4 Å². The van der Waals surface area contributed by atoms with Gasteiger partial charge in [0.15, 0.2) is 5.96 Å². The van der Waals surface area contributed by atoms with Crippen LogP contribution in [0.15, 0.2) is 27.7 Å². The van der Waals surface area contributed by atoms with Crippen LogP contribution in [0, 0.1) is 5.82 Å². The summed E-state index contributed by atoms with van der Waals surface area (Å²) in [5, 5.41) is 6.22. The van der Waals surface area contributed by atoms with Gasteiger partial charge in [-0.3, -0.25) is 4.99 Å². The van der Waals surface area contributed by atoms with Crippen LogP contribution in [0.5, 0.6) is 0 Å². The Bertz CT molecular complexity index is 477. The number of nitrogens with zero attached hydrogens (tertiary/aromatic N) is 1. The quantitative estimate of drug-likeness (QED) is 0.637. The maximum absolute atomic E-state index is 13.6. The number of hydrogen-bond donors (Lipinski definition) is 2. The van der Waals surface area contributed by atoms with Crippen LogP contribution < -0.4 is 10.6 Å². The third-order valence-electron chi connectivity index (χ3n) is 2.91. The summed E-state index contributed by atoms with van der Waals surface area (Å²) >= 11 is 3.33. The number of ether oxygens (including phenoxy) is 1. The van der Waals surface area contributed by atoms with Crippen molar-refractivity contribution >= 4 is 21.9 Å². The monoisotopic (exact) mass is 345 g/mol. The van der Waals surface area contributed by atoms with Gasteiger partial charge in [0.05, 0.1) is 5.60 Å². The fourth-order valence-electron chi connectivity index (χ4n) is 1.45. The largest absolute Gasteiger partial charge is 0.377 e. The van der Waals surface area contributed by atoms with E-state index in [1.165, 1.54) is 6.07 Å². The Hall–Kier alpha value is -1.14. The molecule has 1 aromatic rings. The average Bonchev–Trinajstić information content (AvgIpc) is 2.42. The van der Waals surface area contributed by atoms with Gasteiger partial charge in [0, 0.05) is 37.3 Å². The molecular weight excluding hydrogens is 325 g/mol. The molecular formula is C14H21BrFN3O. The van der Waals surface area contributed by atoms with Crippen LogP contribution in [0.4, 0.5) is 4.39 Å². The highest BCUT2D eigenvalue weighted by molar-refractivity contribution is 9.10. The van der Waals surface area contributed by atoms with Crippen molar-refractivity contribution < 1.29 is 9.13 Å². The molecule has 4 nitrogen and oxygen atoms in total. The van der Waals surface area contributed by atoms with Gasteiger partial charge in [-0.25, -0.2) is 4.39 Å². The standard InChI is InChI=1S/C14H21BrFN3O/c1-14(2,20-4)9-19-13(17-3)18-8-10-7-11(15)5-6-12(10)16/h5-7H,8-9H2,1-4H3,(H2,17,18,19). The summed E-state index contributed by atoms with van der Waals surface area (Å²) in [6.45, 7) is 4.91. The van der Waals surface area contributed by atoms with Crippen molar-refractivity contribution in [3.63, 3.8) is 0 Å². The van der Waals surface area contributed by atoms with E-state index >= 15 is 0 Å². The number of benzene rings is 1. The number of hydrogen-bond acceptors (Lipinski definition) is 2. The van der Waals surface area contributed by atoms with Crippen LogP contribution in [0.25, 0.3) is 0 Å². The van der Waals surface area contributed by atoms with E-state index in [0.717, 1.165) is 4.47 Å². The first-order valence-electron chi connectivity index (χ1n) is 6.31. The first-order chi connectivity index (χ1) is 9.38. The van der Waals surface area contributed by atoms with Gasteiger partial charge in [-0.05, 0) is 32.0 Å². The van der Waals surface area contributed by atoms with Crippen molar-refractivity contribution in [3.05, 3.63) is 34.1 Å². The number of aliphatic imine (C=N–C) groups is 1. The minimum Gasteiger partial charge on any atom is -0.377 e. The Morgan fingerprint density at radius 1 is 1.40 bits per heavy atom. The maximum Gasteiger partial charge on any atom is 0.191 e. The lowest BCUT2D eigenvalue weighted by Crippen LogP contribution is -2.45. The molecule has 0 fully saturated rings. The van der Waals surface area contributed by atoms with Crippen LogP contribution in [-0.4, -0.2) is 32.3 Å². The molecule has 0 aliphatic heterocycles. The van der Waals surface area contributed by atoms with Gasteiger partial charge in [-0.15, -0.1) is 0 Å². The second-order valence-corrected chi connectivity index (χ2v) is 5.89. The maximum atomic E-state index is 13.6. The van der Waals surface area contributed by atoms with Crippen molar-refractivity contribution in [2.75, 3.05) is 20.7 Å². The number of nitrogens with one attached hydrogen (secondary N) is 2. The van der Waals surface area contributed by atoms with Crippen molar-refractivity contribution in [2.24, 2.45) is 4.99 Å². The van der Waals surface area contributed by atoms with E-state index in [2.05, 4.69) is 31.6 Å². The summed E-state index contributed by atoms with van der Waals surface area (Å²) in [6.07, 6.45) is 0. The van der Waals surface area contributed by atoms with E-state index in [1.54, 1.807) is 26.3 Å². The van der Waals surface area contributed by atoms with Gasteiger partial charge in [-0.1, -0.05) is 15.9 Å². The summed E-state index contributed by atoms with van der Waals surface area (Å²) in [7, 11) is 3.33. The molecule has 0 aliphatic carbocycles. The predicted octanol–water partition coefficient (Wildman–Crippen LogP) is 2.68. The molecule has 0 spiro atoms. The van der Waals surface area contributed by atoms with E-state index in [0.29, 0.717) is 24.6 Å². The van der Waals surface area contributed by atoms with Crippen LogP contribution in [0.2, 0.25) is 0 Å². The Balaban J connectivity index is 2.56. The minimum atomic E-state index is -0.293. The van der Waals surface area contributed by atoms with Crippen LogP contribution in [-0.2, 0) is 11.3 Å². The highest BCUT2D eigenvalue weighted by Crippen LogP contribution is 2.15. The molecule has 0 aliphatic rings. The molecule has 2 N–H and O–H groups in total. The van der Waals surface area contributed by atoms with Gasteiger partial charge < -0.3 is 15.4 Å². The Kier molecular flexibility index (Phi) is 6.42. The molecule has 0 saturated heterocycles. The van der Waals surface area contributed by atoms with Crippen molar-refractivity contribution in [1.82, 2.24) is 10.6 Å².